The van der Waals surface area contributed by atoms with Gasteiger partial charge in [-0.3, -0.25) is 24.5 Å². The Morgan fingerprint density at radius 1 is 1.41 bits per heavy atom. The first-order valence-corrected chi connectivity index (χ1v) is 4.61. The lowest BCUT2D eigenvalue weighted by Gasteiger charge is -2.30. The molecular weight excluding hydrogens is 232 g/mol. The van der Waals surface area contributed by atoms with Crippen molar-refractivity contribution in [3.05, 3.63) is 20.8 Å². The van der Waals surface area contributed by atoms with Crippen molar-refractivity contribution in [2.45, 2.75) is 6.04 Å². The number of carboxylic acid groups (broad SMARTS) is 1. The van der Waals surface area contributed by atoms with Crippen molar-refractivity contribution in [1.29, 1.82) is 0 Å². The maximum atomic E-state index is 11.5. The fourth-order valence-corrected chi connectivity index (χ4v) is 1.64. The van der Waals surface area contributed by atoms with Crippen molar-refractivity contribution >= 4 is 23.9 Å². The molecule has 1 unspecified atom stereocenters. The molecule has 0 saturated carbocycles. The third-order valence-corrected chi connectivity index (χ3v) is 2.38. The fraction of sp³-hybridized carbons (Fsp3) is 0.250. The number of aromatic nitrogens is 2. The Morgan fingerprint density at radius 2 is 2.12 bits per heavy atom. The summed E-state index contributed by atoms with van der Waals surface area (Å²) in [5, 5.41) is 11.5. The summed E-state index contributed by atoms with van der Waals surface area (Å²) in [6.45, 7) is -0.0968. The first-order valence-electron chi connectivity index (χ1n) is 4.61. The zero-order valence-corrected chi connectivity index (χ0v) is 8.39. The van der Waals surface area contributed by atoms with E-state index in [4.69, 9.17) is 5.11 Å². The normalized spacial score (nSPS) is 18.1. The Morgan fingerprint density at radius 3 is 2.71 bits per heavy atom. The van der Waals surface area contributed by atoms with Crippen LogP contribution in [-0.4, -0.2) is 40.0 Å². The summed E-state index contributed by atoms with van der Waals surface area (Å²) in [5.74, 6) is -1.22. The molecule has 0 radical (unpaired) electrons. The van der Waals surface area contributed by atoms with Gasteiger partial charge in [-0.2, -0.15) is 0 Å². The molecule has 1 aliphatic heterocycles. The number of nitrogens with zero attached hydrogens (tertiary/aromatic N) is 1. The molecule has 90 valence electrons. The largest absolute Gasteiger partial charge is 0.480 e. The van der Waals surface area contributed by atoms with Gasteiger partial charge in [-0.05, 0) is 0 Å². The van der Waals surface area contributed by atoms with Gasteiger partial charge < -0.3 is 10.4 Å². The number of anilines is 2. The standard InChI is InChI=1S/C8H8N4O5/c13-2-12-3(7(15)16)1-9-5-4(12)6(14)11-8(17)10-5/h2-3H,1H2,(H,15,16)(H3,9,10,11,14,17). The predicted octanol–water partition coefficient (Wildman–Crippen LogP) is -2.10. The molecule has 0 spiro atoms. The van der Waals surface area contributed by atoms with E-state index in [1.165, 1.54) is 0 Å². The molecule has 2 heterocycles. The molecule has 1 aromatic rings. The van der Waals surface area contributed by atoms with Crippen LogP contribution in [0.3, 0.4) is 0 Å². The van der Waals surface area contributed by atoms with E-state index in [0.29, 0.717) is 0 Å². The van der Waals surface area contributed by atoms with Crippen LogP contribution in [0.1, 0.15) is 0 Å². The lowest BCUT2D eigenvalue weighted by atomic mass is 10.2. The van der Waals surface area contributed by atoms with Crippen LogP contribution < -0.4 is 21.5 Å². The quantitative estimate of drug-likeness (QED) is 0.437. The predicted molar refractivity (Wildman–Crippen MR) is 56.1 cm³/mol. The maximum absolute atomic E-state index is 11.5. The lowest BCUT2D eigenvalue weighted by Crippen LogP contribution is -2.51. The van der Waals surface area contributed by atoms with Gasteiger partial charge in [0.15, 0.2) is 11.7 Å². The average Bonchev–Trinajstić information content (AvgIpc) is 2.26. The van der Waals surface area contributed by atoms with Gasteiger partial charge >= 0.3 is 11.7 Å². The number of nitrogens with one attached hydrogen (secondary N) is 3. The van der Waals surface area contributed by atoms with Crippen LogP contribution in [0, 0.1) is 0 Å². The number of fused-ring (bicyclic) bond motifs is 1. The minimum absolute atomic E-state index is 0.0309. The molecule has 9 nitrogen and oxygen atoms in total. The van der Waals surface area contributed by atoms with E-state index in [9.17, 15) is 19.2 Å². The second-order valence-electron chi connectivity index (χ2n) is 3.38. The highest BCUT2D eigenvalue weighted by molar-refractivity contribution is 5.93. The molecule has 0 fully saturated rings. The zero-order valence-electron chi connectivity index (χ0n) is 8.39. The van der Waals surface area contributed by atoms with Gasteiger partial charge in [-0.1, -0.05) is 0 Å². The Kier molecular flexibility index (Phi) is 2.42. The number of hydrogen-bond acceptors (Lipinski definition) is 5. The molecule has 0 saturated heterocycles. The van der Waals surface area contributed by atoms with Crippen LogP contribution in [0.4, 0.5) is 11.5 Å². The van der Waals surface area contributed by atoms with E-state index in [2.05, 4.69) is 10.3 Å². The van der Waals surface area contributed by atoms with Gasteiger partial charge in [0.25, 0.3) is 5.56 Å². The molecule has 1 aliphatic rings. The first kappa shape index (κ1) is 10.9. The molecule has 17 heavy (non-hydrogen) atoms. The molecular formula is C8H8N4O5. The SMILES string of the molecule is O=CN1c2c([nH]c(=O)[nH]c2=O)NCC1C(=O)O. The fourth-order valence-electron chi connectivity index (χ4n) is 1.64. The van der Waals surface area contributed by atoms with Gasteiger partial charge in [0.05, 0.1) is 0 Å². The van der Waals surface area contributed by atoms with Crippen LogP contribution >= 0.6 is 0 Å². The van der Waals surface area contributed by atoms with Gasteiger partial charge in [-0.15, -0.1) is 0 Å². The lowest BCUT2D eigenvalue weighted by molar-refractivity contribution is -0.139. The third kappa shape index (κ3) is 1.67. The summed E-state index contributed by atoms with van der Waals surface area (Å²) in [5.41, 5.74) is -1.77. The number of carbonyl (C=O) groups is 2. The van der Waals surface area contributed by atoms with Crippen LogP contribution in [0.15, 0.2) is 9.59 Å². The van der Waals surface area contributed by atoms with E-state index in [1.807, 2.05) is 4.98 Å². The number of aromatic amines is 2. The highest BCUT2D eigenvalue weighted by atomic mass is 16.4. The Balaban J connectivity index is 2.63. The van der Waals surface area contributed by atoms with Gasteiger partial charge in [0.1, 0.15) is 5.82 Å². The summed E-state index contributed by atoms with van der Waals surface area (Å²) < 4.78 is 0. The van der Waals surface area contributed by atoms with Crippen LogP contribution in [-0.2, 0) is 9.59 Å². The van der Waals surface area contributed by atoms with Crippen molar-refractivity contribution in [2.75, 3.05) is 16.8 Å². The highest BCUT2D eigenvalue weighted by Crippen LogP contribution is 2.23. The zero-order chi connectivity index (χ0) is 12.6. The molecule has 0 bridgehead atoms. The summed E-state index contributed by atoms with van der Waals surface area (Å²) >= 11 is 0. The Labute approximate surface area is 93.1 Å². The van der Waals surface area contributed by atoms with Crippen LogP contribution in [0.2, 0.25) is 0 Å². The molecule has 9 heteroatoms. The number of carbonyl (C=O) groups excluding carboxylic acids is 1. The number of rotatable bonds is 2. The molecule has 1 aromatic heterocycles. The number of carboxylic acids is 1. The summed E-state index contributed by atoms with van der Waals surface area (Å²) in [6, 6.07) is -1.19. The minimum atomic E-state index is -1.25. The van der Waals surface area contributed by atoms with Crippen LogP contribution in [0.25, 0.3) is 0 Å². The summed E-state index contributed by atoms with van der Waals surface area (Å²) in [7, 11) is 0. The van der Waals surface area contributed by atoms with Crippen molar-refractivity contribution in [3.63, 3.8) is 0 Å². The molecule has 2 rings (SSSR count). The second-order valence-corrected chi connectivity index (χ2v) is 3.38. The van der Waals surface area contributed by atoms with Gasteiger partial charge in [0, 0.05) is 6.54 Å². The average molecular weight is 240 g/mol. The van der Waals surface area contributed by atoms with E-state index < -0.39 is 23.3 Å². The van der Waals surface area contributed by atoms with Crippen molar-refractivity contribution in [2.24, 2.45) is 0 Å². The van der Waals surface area contributed by atoms with Crippen LogP contribution in [0.5, 0.6) is 0 Å². The van der Waals surface area contributed by atoms with E-state index in [-0.39, 0.29) is 24.5 Å². The highest BCUT2D eigenvalue weighted by Gasteiger charge is 2.33. The molecule has 0 aliphatic carbocycles. The molecule has 1 amide bonds. The van der Waals surface area contributed by atoms with E-state index in [0.717, 1.165) is 4.90 Å². The molecule has 1 atom stereocenters. The molecule has 4 N–H and O–H groups in total. The summed E-state index contributed by atoms with van der Waals surface area (Å²) in [6.07, 6.45) is 0.242. The number of H-pyrrole nitrogens is 2. The number of amides is 1. The smallest absolute Gasteiger partial charge is 0.328 e. The monoisotopic (exact) mass is 240 g/mol. The third-order valence-electron chi connectivity index (χ3n) is 2.38. The minimum Gasteiger partial charge on any atom is -0.480 e. The summed E-state index contributed by atoms with van der Waals surface area (Å²) in [4.78, 5) is 49.2. The number of aliphatic carboxylic acids is 1. The van der Waals surface area contributed by atoms with Gasteiger partial charge in [-0.25, -0.2) is 9.59 Å². The Hall–Kier alpha value is -2.58. The first-order chi connectivity index (χ1) is 8.04. The van der Waals surface area contributed by atoms with Crippen molar-refractivity contribution in [1.82, 2.24) is 9.97 Å². The van der Waals surface area contributed by atoms with Crippen molar-refractivity contribution in [3.8, 4) is 0 Å². The number of hydrogen-bond donors (Lipinski definition) is 4. The molecule has 0 aromatic carbocycles. The topological polar surface area (TPSA) is 135 Å². The van der Waals surface area contributed by atoms with Crippen molar-refractivity contribution < 1.29 is 14.7 Å². The second kappa shape index (κ2) is 3.77. The maximum Gasteiger partial charge on any atom is 0.328 e. The Bertz CT molecular complexity index is 588. The van der Waals surface area contributed by atoms with Gasteiger partial charge in [0.2, 0.25) is 6.41 Å². The van der Waals surface area contributed by atoms with E-state index in [1.54, 1.807) is 0 Å². The van der Waals surface area contributed by atoms with E-state index >= 15 is 0 Å².